The van der Waals surface area contributed by atoms with Crippen molar-refractivity contribution in [3.63, 3.8) is 0 Å². The number of nitriles is 1. The highest BCUT2D eigenvalue weighted by atomic mass is 32.1. The predicted molar refractivity (Wildman–Crippen MR) is 75.7 cm³/mol. The van der Waals surface area contributed by atoms with Crippen LogP contribution < -0.4 is 5.32 Å². The van der Waals surface area contributed by atoms with Crippen LogP contribution in [0.2, 0.25) is 0 Å². The highest BCUT2D eigenvalue weighted by molar-refractivity contribution is 7.81. The second-order valence-electron chi connectivity index (χ2n) is 4.64. The molecule has 0 spiro atoms. The van der Waals surface area contributed by atoms with Gasteiger partial charge in [0.05, 0.1) is 11.3 Å². The number of nitrogens with zero attached hydrogens (tertiary/aromatic N) is 1. The molecule has 3 nitrogen and oxygen atoms in total. The summed E-state index contributed by atoms with van der Waals surface area (Å²) < 4.78 is 38.6. The first-order valence-corrected chi connectivity index (χ1v) is 6.56. The molecule has 0 unspecified atom stereocenters. The van der Waals surface area contributed by atoms with Crippen LogP contribution >= 0.6 is 12.2 Å². The monoisotopic (exact) mass is 312 g/mol. The third kappa shape index (κ3) is 3.52. The van der Waals surface area contributed by atoms with E-state index in [0.717, 1.165) is 18.9 Å². The molecular weight excluding hydrogens is 301 g/mol. The Hall–Kier alpha value is -2.07. The third-order valence-electron chi connectivity index (χ3n) is 3.04. The van der Waals surface area contributed by atoms with Gasteiger partial charge < -0.3 is 10.4 Å². The lowest BCUT2D eigenvalue weighted by atomic mass is 10.1. The van der Waals surface area contributed by atoms with Crippen LogP contribution in [0.25, 0.3) is 0 Å². The maximum Gasteiger partial charge on any atom is 0.418 e. The number of benzene rings is 1. The van der Waals surface area contributed by atoms with Gasteiger partial charge in [0.15, 0.2) is 0 Å². The van der Waals surface area contributed by atoms with Crippen molar-refractivity contribution in [2.24, 2.45) is 5.92 Å². The van der Waals surface area contributed by atoms with Gasteiger partial charge in [-0.05, 0) is 25.0 Å². The van der Waals surface area contributed by atoms with Gasteiger partial charge in [0.2, 0.25) is 0 Å². The fourth-order valence-electron chi connectivity index (χ4n) is 1.81. The molecule has 2 rings (SSSR count). The van der Waals surface area contributed by atoms with Crippen LogP contribution in [-0.2, 0) is 6.18 Å². The van der Waals surface area contributed by atoms with E-state index in [1.165, 1.54) is 18.2 Å². The first-order chi connectivity index (χ1) is 9.84. The summed E-state index contributed by atoms with van der Waals surface area (Å²) in [4.78, 5) is -0.210. The maximum atomic E-state index is 12.9. The number of rotatable bonds is 3. The molecule has 1 aromatic rings. The number of hydrogen-bond donors (Lipinski definition) is 2. The van der Waals surface area contributed by atoms with Gasteiger partial charge >= 0.3 is 6.18 Å². The standard InChI is InChI=1S/C14H11F3N2OS/c15-14(16,17)10-3-1-2-4-11(10)19-13(21)9(7-18)12(20)8-5-6-8/h1-4,8,20H,5-6H2,(H,19,21)/b12-9-. The van der Waals surface area contributed by atoms with Crippen molar-refractivity contribution >= 4 is 22.9 Å². The van der Waals surface area contributed by atoms with Crippen molar-refractivity contribution < 1.29 is 18.3 Å². The van der Waals surface area contributed by atoms with E-state index in [0.29, 0.717) is 0 Å². The lowest BCUT2D eigenvalue weighted by molar-refractivity contribution is -0.136. The molecule has 1 fully saturated rings. The number of nitrogens with one attached hydrogen (secondary N) is 1. The van der Waals surface area contributed by atoms with Crippen molar-refractivity contribution in [1.82, 2.24) is 0 Å². The molecule has 0 amide bonds. The number of aliphatic hydroxyl groups excluding tert-OH is 1. The van der Waals surface area contributed by atoms with E-state index in [1.54, 1.807) is 6.07 Å². The van der Waals surface area contributed by atoms with Crippen LogP contribution in [-0.4, -0.2) is 10.1 Å². The summed E-state index contributed by atoms with van der Waals surface area (Å²) in [5.41, 5.74) is -1.30. The van der Waals surface area contributed by atoms with E-state index in [2.05, 4.69) is 5.32 Å². The molecule has 0 atom stereocenters. The van der Waals surface area contributed by atoms with Gasteiger partial charge in [-0.25, -0.2) is 0 Å². The van der Waals surface area contributed by atoms with Crippen LogP contribution in [0.4, 0.5) is 18.9 Å². The number of hydrogen-bond acceptors (Lipinski definition) is 3. The Bertz CT molecular complexity index is 642. The van der Waals surface area contributed by atoms with Crippen LogP contribution in [0.15, 0.2) is 35.6 Å². The number of aliphatic hydroxyl groups is 1. The average Bonchev–Trinajstić information content (AvgIpc) is 3.23. The minimum absolute atomic E-state index is 0.114. The number of anilines is 1. The number of alkyl halides is 3. The molecule has 7 heteroatoms. The minimum atomic E-state index is -4.53. The summed E-state index contributed by atoms with van der Waals surface area (Å²) in [6.45, 7) is 0. The number of halogens is 3. The summed E-state index contributed by atoms with van der Waals surface area (Å²) in [6.07, 6.45) is -3.04. The van der Waals surface area contributed by atoms with E-state index in [1.807, 2.05) is 0 Å². The SMILES string of the molecule is N#C/C(C(=S)Nc1ccccc1C(F)(F)F)=C(/O)C1CC1. The second kappa shape index (κ2) is 5.74. The van der Waals surface area contributed by atoms with E-state index < -0.39 is 11.7 Å². The number of allylic oxidation sites excluding steroid dienone is 1. The minimum Gasteiger partial charge on any atom is -0.511 e. The molecular formula is C14H11F3N2OS. The summed E-state index contributed by atoms with van der Waals surface area (Å²) in [7, 11) is 0. The largest absolute Gasteiger partial charge is 0.511 e. The van der Waals surface area contributed by atoms with Gasteiger partial charge in [-0.1, -0.05) is 24.4 Å². The van der Waals surface area contributed by atoms with E-state index >= 15 is 0 Å². The molecule has 0 saturated heterocycles. The van der Waals surface area contributed by atoms with Crippen molar-refractivity contribution in [3.8, 4) is 6.07 Å². The van der Waals surface area contributed by atoms with Gasteiger partial charge in [0.1, 0.15) is 22.4 Å². The summed E-state index contributed by atoms with van der Waals surface area (Å²) in [5.74, 6) is -0.267. The Kier molecular flexibility index (Phi) is 4.19. The fraction of sp³-hybridized carbons (Fsp3) is 0.286. The molecule has 2 N–H and O–H groups in total. The van der Waals surface area contributed by atoms with Crippen LogP contribution in [0.5, 0.6) is 0 Å². The summed E-state index contributed by atoms with van der Waals surface area (Å²) in [6, 6.07) is 6.58. The van der Waals surface area contributed by atoms with Crippen molar-refractivity contribution in [2.45, 2.75) is 19.0 Å². The zero-order chi connectivity index (χ0) is 15.6. The quantitative estimate of drug-likeness (QED) is 0.380. The molecule has 21 heavy (non-hydrogen) atoms. The average molecular weight is 312 g/mol. The lowest BCUT2D eigenvalue weighted by Gasteiger charge is -2.15. The highest BCUT2D eigenvalue weighted by Gasteiger charge is 2.34. The smallest absolute Gasteiger partial charge is 0.418 e. The zero-order valence-corrected chi connectivity index (χ0v) is 11.6. The Morgan fingerprint density at radius 3 is 2.48 bits per heavy atom. The van der Waals surface area contributed by atoms with Gasteiger partial charge in [0, 0.05) is 5.92 Å². The molecule has 1 saturated carbocycles. The molecule has 0 aliphatic heterocycles. The molecule has 110 valence electrons. The fourth-order valence-corrected chi connectivity index (χ4v) is 2.07. The third-order valence-corrected chi connectivity index (χ3v) is 3.35. The lowest BCUT2D eigenvalue weighted by Crippen LogP contribution is -2.17. The van der Waals surface area contributed by atoms with E-state index in [9.17, 15) is 18.3 Å². The second-order valence-corrected chi connectivity index (χ2v) is 5.05. The van der Waals surface area contributed by atoms with Gasteiger partial charge in [-0.3, -0.25) is 0 Å². The number of para-hydroxylation sites is 1. The molecule has 0 heterocycles. The Balaban J connectivity index is 2.28. The molecule has 0 aromatic heterocycles. The predicted octanol–water partition coefficient (Wildman–Crippen LogP) is 4.19. The van der Waals surface area contributed by atoms with E-state index in [-0.39, 0.29) is 27.9 Å². The highest BCUT2D eigenvalue weighted by Crippen LogP contribution is 2.37. The maximum absolute atomic E-state index is 12.9. The first-order valence-electron chi connectivity index (χ1n) is 6.15. The summed E-state index contributed by atoms with van der Waals surface area (Å²) >= 11 is 4.94. The molecule has 1 aliphatic rings. The number of thiocarbonyl (C=S) groups is 1. The van der Waals surface area contributed by atoms with Crippen LogP contribution in [0.3, 0.4) is 0 Å². The normalized spacial score (nSPS) is 15.9. The summed E-state index contributed by atoms with van der Waals surface area (Å²) in [5, 5.41) is 21.3. The van der Waals surface area contributed by atoms with E-state index in [4.69, 9.17) is 17.5 Å². The van der Waals surface area contributed by atoms with Crippen LogP contribution in [0, 0.1) is 17.2 Å². The van der Waals surface area contributed by atoms with Crippen molar-refractivity contribution in [1.29, 1.82) is 5.26 Å². The Morgan fingerprint density at radius 2 is 1.95 bits per heavy atom. The van der Waals surface area contributed by atoms with Gasteiger partial charge in [0.25, 0.3) is 0 Å². The molecule has 0 radical (unpaired) electrons. The first kappa shape index (κ1) is 15.3. The van der Waals surface area contributed by atoms with Crippen LogP contribution in [0.1, 0.15) is 18.4 Å². The Morgan fingerprint density at radius 1 is 1.33 bits per heavy atom. The van der Waals surface area contributed by atoms with Crippen molar-refractivity contribution in [2.75, 3.05) is 5.32 Å². The molecule has 1 aromatic carbocycles. The Labute approximate surface area is 124 Å². The molecule has 1 aliphatic carbocycles. The zero-order valence-electron chi connectivity index (χ0n) is 10.7. The van der Waals surface area contributed by atoms with Crippen molar-refractivity contribution in [3.05, 3.63) is 41.2 Å². The topological polar surface area (TPSA) is 56.0 Å². The van der Waals surface area contributed by atoms with Gasteiger partial charge in [-0.15, -0.1) is 0 Å². The van der Waals surface area contributed by atoms with Gasteiger partial charge in [-0.2, -0.15) is 18.4 Å². The molecule has 0 bridgehead atoms.